The molecule has 138 valence electrons. The van der Waals surface area contributed by atoms with Gasteiger partial charge in [0, 0.05) is 0 Å². The van der Waals surface area contributed by atoms with Gasteiger partial charge in [-0.1, -0.05) is 18.2 Å². The highest BCUT2D eigenvalue weighted by molar-refractivity contribution is 5.92. The standard InChI is InChI=1S/C21H19NO5/c1-15(20(23)22-14-19-8-5-13-25-19)26-21(24)16-9-11-18(12-10-16)27-17-6-3-2-4-7-17/h2-13,15H,14H2,1H3,(H,22,23)/t15-/m0/s1. The number of carbonyl (C=O) groups is 2. The van der Waals surface area contributed by atoms with E-state index in [0.29, 0.717) is 22.8 Å². The van der Waals surface area contributed by atoms with Gasteiger partial charge in [-0.2, -0.15) is 0 Å². The van der Waals surface area contributed by atoms with Crippen LogP contribution in [-0.4, -0.2) is 18.0 Å². The zero-order chi connectivity index (χ0) is 19.1. The van der Waals surface area contributed by atoms with Crippen LogP contribution in [0.3, 0.4) is 0 Å². The fourth-order valence-electron chi connectivity index (χ4n) is 2.30. The lowest BCUT2D eigenvalue weighted by Gasteiger charge is -2.13. The van der Waals surface area contributed by atoms with E-state index >= 15 is 0 Å². The first-order valence-electron chi connectivity index (χ1n) is 8.46. The van der Waals surface area contributed by atoms with Crippen molar-refractivity contribution in [3.63, 3.8) is 0 Å². The minimum atomic E-state index is -0.923. The Labute approximate surface area is 156 Å². The van der Waals surface area contributed by atoms with E-state index in [1.54, 1.807) is 36.4 Å². The molecular formula is C21H19NO5. The van der Waals surface area contributed by atoms with Crippen LogP contribution in [0.1, 0.15) is 23.0 Å². The molecule has 0 saturated heterocycles. The fourth-order valence-corrected chi connectivity index (χ4v) is 2.30. The van der Waals surface area contributed by atoms with Crippen LogP contribution >= 0.6 is 0 Å². The summed E-state index contributed by atoms with van der Waals surface area (Å²) in [6.45, 7) is 1.75. The van der Waals surface area contributed by atoms with E-state index in [2.05, 4.69) is 5.32 Å². The van der Waals surface area contributed by atoms with Crippen LogP contribution in [-0.2, 0) is 16.1 Å². The summed E-state index contributed by atoms with van der Waals surface area (Å²) in [7, 11) is 0. The summed E-state index contributed by atoms with van der Waals surface area (Å²) in [6.07, 6.45) is 0.601. The van der Waals surface area contributed by atoms with Crippen molar-refractivity contribution in [3.05, 3.63) is 84.3 Å². The molecule has 2 aromatic carbocycles. The molecule has 1 aromatic heterocycles. The minimum Gasteiger partial charge on any atom is -0.467 e. The van der Waals surface area contributed by atoms with Gasteiger partial charge in [-0.25, -0.2) is 4.79 Å². The van der Waals surface area contributed by atoms with Crippen molar-refractivity contribution in [2.45, 2.75) is 19.6 Å². The molecule has 0 saturated carbocycles. The molecule has 0 unspecified atom stereocenters. The van der Waals surface area contributed by atoms with E-state index in [0.717, 1.165) is 0 Å². The third-order valence-electron chi connectivity index (χ3n) is 3.74. The Kier molecular flexibility index (Phi) is 5.89. The largest absolute Gasteiger partial charge is 0.467 e. The monoisotopic (exact) mass is 365 g/mol. The zero-order valence-corrected chi connectivity index (χ0v) is 14.8. The van der Waals surface area contributed by atoms with Crippen molar-refractivity contribution < 1.29 is 23.5 Å². The topological polar surface area (TPSA) is 77.8 Å². The summed E-state index contributed by atoms with van der Waals surface area (Å²) >= 11 is 0. The van der Waals surface area contributed by atoms with Crippen LogP contribution < -0.4 is 10.1 Å². The normalized spacial score (nSPS) is 11.4. The van der Waals surface area contributed by atoms with E-state index < -0.39 is 18.0 Å². The number of carbonyl (C=O) groups excluding carboxylic acids is 2. The number of hydrogen-bond acceptors (Lipinski definition) is 5. The maximum absolute atomic E-state index is 12.2. The highest BCUT2D eigenvalue weighted by atomic mass is 16.5. The molecule has 0 fully saturated rings. The first kappa shape index (κ1) is 18.3. The average Bonchev–Trinajstić information content (AvgIpc) is 3.21. The van der Waals surface area contributed by atoms with Gasteiger partial charge in [0.15, 0.2) is 6.10 Å². The molecule has 1 atom stereocenters. The lowest BCUT2D eigenvalue weighted by atomic mass is 10.2. The molecule has 1 heterocycles. The van der Waals surface area contributed by atoms with E-state index in [9.17, 15) is 9.59 Å². The number of rotatable bonds is 7. The molecule has 0 aliphatic rings. The lowest BCUT2D eigenvalue weighted by Crippen LogP contribution is -2.35. The molecule has 6 nitrogen and oxygen atoms in total. The molecule has 0 bridgehead atoms. The first-order chi connectivity index (χ1) is 13.1. The number of esters is 1. The van der Waals surface area contributed by atoms with Crippen molar-refractivity contribution >= 4 is 11.9 Å². The smallest absolute Gasteiger partial charge is 0.338 e. The lowest BCUT2D eigenvalue weighted by molar-refractivity contribution is -0.129. The van der Waals surface area contributed by atoms with Gasteiger partial charge in [0.2, 0.25) is 0 Å². The number of hydrogen-bond donors (Lipinski definition) is 1. The van der Waals surface area contributed by atoms with Gasteiger partial charge in [0.25, 0.3) is 5.91 Å². The Hall–Kier alpha value is -3.54. The predicted molar refractivity (Wildman–Crippen MR) is 98.4 cm³/mol. The summed E-state index contributed by atoms with van der Waals surface area (Å²) in [5, 5.41) is 2.65. The minimum absolute atomic E-state index is 0.235. The molecule has 27 heavy (non-hydrogen) atoms. The number of nitrogens with one attached hydrogen (secondary N) is 1. The number of benzene rings is 2. The summed E-state index contributed by atoms with van der Waals surface area (Å²) in [5.74, 6) is 0.943. The molecule has 0 radical (unpaired) electrons. The SMILES string of the molecule is C[C@H](OC(=O)c1ccc(Oc2ccccc2)cc1)C(=O)NCc1ccco1. The van der Waals surface area contributed by atoms with Crippen LogP contribution in [0.15, 0.2) is 77.4 Å². The van der Waals surface area contributed by atoms with Gasteiger partial charge >= 0.3 is 5.97 Å². The number of furan rings is 1. The summed E-state index contributed by atoms with van der Waals surface area (Å²) in [5.41, 5.74) is 0.334. The Morgan fingerprint density at radius 3 is 2.33 bits per heavy atom. The van der Waals surface area contributed by atoms with Gasteiger partial charge in [0.05, 0.1) is 18.4 Å². The van der Waals surface area contributed by atoms with E-state index in [1.807, 2.05) is 30.3 Å². The Morgan fingerprint density at radius 1 is 0.963 bits per heavy atom. The highest BCUT2D eigenvalue weighted by Gasteiger charge is 2.19. The number of ether oxygens (including phenoxy) is 2. The molecule has 0 aliphatic heterocycles. The third-order valence-corrected chi connectivity index (χ3v) is 3.74. The predicted octanol–water partition coefficient (Wildman–Crippen LogP) is 3.93. The molecule has 1 amide bonds. The van der Waals surface area contributed by atoms with Crippen LogP contribution in [0.5, 0.6) is 11.5 Å². The summed E-state index contributed by atoms with van der Waals surface area (Å²) in [4.78, 5) is 24.2. The quantitative estimate of drug-likeness (QED) is 0.642. The summed E-state index contributed by atoms with van der Waals surface area (Å²) < 4.78 is 16.0. The molecule has 0 spiro atoms. The van der Waals surface area contributed by atoms with Crippen LogP contribution in [0.4, 0.5) is 0 Å². The second kappa shape index (κ2) is 8.71. The van der Waals surface area contributed by atoms with Crippen molar-refractivity contribution in [3.8, 4) is 11.5 Å². The molecule has 6 heteroatoms. The fraction of sp³-hybridized carbons (Fsp3) is 0.143. The molecule has 3 aromatic rings. The molecular weight excluding hydrogens is 346 g/mol. The molecule has 0 aliphatic carbocycles. The van der Waals surface area contributed by atoms with E-state index in [1.165, 1.54) is 13.2 Å². The second-order valence-corrected chi connectivity index (χ2v) is 5.78. The highest BCUT2D eigenvalue weighted by Crippen LogP contribution is 2.21. The molecule has 3 rings (SSSR count). The zero-order valence-electron chi connectivity index (χ0n) is 14.8. The van der Waals surface area contributed by atoms with Gasteiger partial charge < -0.3 is 19.2 Å². The first-order valence-corrected chi connectivity index (χ1v) is 8.46. The van der Waals surface area contributed by atoms with Crippen LogP contribution in [0.25, 0.3) is 0 Å². The Bertz CT molecular complexity index is 873. The number of amides is 1. The van der Waals surface area contributed by atoms with Gasteiger partial charge in [-0.3, -0.25) is 4.79 Å². The Morgan fingerprint density at radius 2 is 1.67 bits per heavy atom. The summed E-state index contributed by atoms with van der Waals surface area (Å²) in [6, 6.07) is 19.3. The Balaban J connectivity index is 1.51. The van der Waals surface area contributed by atoms with Crippen molar-refractivity contribution in [2.24, 2.45) is 0 Å². The van der Waals surface area contributed by atoms with Crippen molar-refractivity contribution in [2.75, 3.05) is 0 Å². The van der Waals surface area contributed by atoms with Gasteiger partial charge in [0.1, 0.15) is 17.3 Å². The van der Waals surface area contributed by atoms with Crippen molar-refractivity contribution in [1.82, 2.24) is 5.32 Å². The van der Waals surface area contributed by atoms with Crippen molar-refractivity contribution in [1.29, 1.82) is 0 Å². The van der Waals surface area contributed by atoms with Crippen LogP contribution in [0.2, 0.25) is 0 Å². The van der Waals surface area contributed by atoms with E-state index in [4.69, 9.17) is 13.9 Å². The maximum atomic E-state index is 12.2. The second-order valence-electron chi connectivity index (χ2n) is 5.78. The van der Waals surface area contributed by atoms with Gasteiger partial charge in [-0.05, 0) is 55.5 Å². The van der Waals surface area contributed by atoms with Gasteiger partial charge in [-0.15, -0.1) is 0 Å². The maximum Gasteiger partial charge on any atom is 0.338 e. The number of para-hydroxylation sites is 1. The third kappa shape index (κ3) is 5.22. The molecule has 1 N–H and O–H groups in total. The van der Waals surface area contributed by atoms with E-state index in [-0.39, 0.29) is 6.54 Å². The average molecular weight is 365 g/mol. The van der Waals surface area contributed by atoms with Crippen LogP contribution in [0, 0.1) is 0 Å².